The Hall–Kier alpha value is -0.860. The van der Waals surface area contributed by atoms with Gasteiger partial charge in [-0.3, -0.25) is 4.57 Å². The maximum Gasteiger partial charge on any atom is 0.334 e. The zero-order valence-corrected chi connectivity index (χ0v) is 11.9. The highest BCUT2D eigenvalue weighted by molar-refractivity contribution is 7.53. The Balaban J connectivity index is 2.53. The molecule has 0 bridgehead atoms. The van der Waals surface area contributed by atoms with E-state index in [0.717, 1.165) is 16.3 Å². The van der Waals surface area contributed by atoms with Gasteiger partial charge in [0.25, 0.3) is 0 Å². The molecule has 3 nitrogen and oxygen atoms in total. The average molecular weight is 285 g/mol. The minimum absolute atomic E-state index is 0.234. The molecule has 0 aromatic heterocycles. The van der Waals surface area contributed by atoms with Crippen LogP contribution in [0.25, 0.3) is 10.8 Å². The monoisotopic (exact) mass is 284 g/mol. The molecular weight excluding hydrogens is 271 g/mol. The predicted molar refractivity (Wildman–Crippen MR) is 74.3 cm³/mol. The first kappa shape index (κ1) is 13.6. The molecule has 0 N–H and O–H groups in total. The van der Waals surface area contributed by atoms with E-state index in [-0.39, 0.29) is 6.16 Å². The van der Waals surface area contributed by atoms with Crippen molar-refractivity contribution in [3.8, 4) is 0 Å². The van der Waals surface area contributed by atoms with Crippen LogP contribution < -0.4 is 0 Å². The van der Waals surface area contributed by atoms with E-state index < -0.39 is 7.60 Å². The Kier molecular flexibility index (Phi) is 4.08. The molecule has 5 heteroatoms. The number of hydrogen-bond donors (Lipinski definition) is 0. The lowest BCUT2D eigenvalue weighted by Crippen LogP contribution is -1.94. The van der Waals surface area contributed by atoms with E-state index >= 15 is 0 Å². The van der Waals surface area contributed by atoms with Crippen molar-refractivity contribution in [1.82, 2.24) is 0 Å². The minimum atomic E-state index is -3.07. The van der Waals surface area contributed by atoms with Crippen molar-refractivity contribution in [3.63, 3.8) is 0 Å². The van der Waals surface area contributed by atoms with E-state index in [1.165, 1.54) is 14.2 Å². The molecule has 0 amide bonds. The van der Waals surface area contributed by atoms with Gasteiger partial charge in [0, 0.05) is 24.6 Å². The Morgan fingerprint density at radius 3 is 2.28 bits per heavy atom. The molecule has 18 heavy (non-hydrogen) atoms. The Bertz CT molecular complexity index is 604. The molecule has 0 fully saturated rings. The molecule has 0 saturated carbocycles. The van der Waals surface area contributed by atoms with E-state index in [9.17, 15) is 4.57 Å². The maximum atomic E-state index is 12.2. The average Bonchev–Trinajstić information content (AvgIpc) is 2.42. The number of benzene rings is 2. The summed E-state index contributed by atoms with van der Waals surface area (Å²) in [7, 11) is -0.283. The predicted octanol–water partition coefficient (Wildman–Crippen LogP) is 4.48. The van der Waals surface area contributed by atoms with Crippen LogP contribution >= 0.6 is 19.2 Å². The third-order valence-electron chi connectivity index (χ3n) is 2.88. The molecule has 0 aliphatic rings. The molecule has 96 valence electrons. The van der Waals surface area contributed by atoms with Gasteiger partial charge in [-0.05, 0) is 17.0 Å². The molecule has 0 spiro atoms. The second-order valence-electron chi connectivity index (χ2n) is 3.89. The fraction of sp³-hybridized carbons (Fsp3) is 0.231. The van der Waals surface area contributed by atoms with Crippen molar-refractivity contribution in [1.29, 1.82) is 0 Å². The van der Waals surface area contributed by atoms with E-state index in [2.05, 4.69) is 0 Å². The lowest BCUT2D eigenvalue weighted by molar-refractivity contribution is 0.275. The first-order chi connectivity index (χ1) is 8.59. The fourth-order valence-corrected chi connectivity index (χ4v) is 3.20. The molecule has 0 aliphatic carbocycles. The van der Waals surface area contributed by atoms with E-state index in [4.69, 9.17) is 20.6 Å². The van der Waals surface area contributed by atoms with Crippen LogP contribution in [0, 0.1) is 0 Å². The summed E-state index contributed by atoms with van der Waals surface area (Å²) >= 11 is 6.14. The quantitative estimate of drug-likeness (QED) is 0.777. The number of rotatable bonds is 4. The lowest BCUT2D eigenvalue weighted by atomic mass is 10.1. The highest BCUT2D eigenvalue weighted by Gasteiger charge is 2.22. The first-order valence-electron chi connectivity index (χ1n) is 5.46. The van der Waals surface area contributed by atoms with E-state index in [1.54, 1.807) is 6.07 Å². The highest BCUT2D eigenvalue weighted by atomic mass is 35.5. The third kappa shape index (κ3) is 2.60. The zero-order valence-electron chi connectivity index (χ0n) is 10.2. The van der Waals surface area contributed by atoms with Gasteiger partial charge in [-0.15, -0.1) is 0 Å². The molecule has 2 aromatic carbocycles. The molecule has 2 rings (SSSR count). The first-order valence-corrected chi connectivity index (χ1v) is 7.57. The van der Waals surface area contributed by atoms with Gasteiger partial charge in [-0.1, -0.05) is 41.9 Å². The summed E-state index contributed by atoms with van der Waals surface area (Å²) in [6, 6.07) is 11.4. The van der Waals surface area contributed by atoms with Crippen molar-refractivity contribution in [2.45, 2.75) is 6.16 Å². The molecule has 2 aromatic rings. The summed E-state index contributed by atoms with van der Waals surface area (Å²) < 4.78 is 22.1. The standard InChI is InChI=1S/C13H14ClO3P/c1-16-18(15,17-2)9-10-7-8-13(14)12-6-4-3-5-11(10)12/h3-8H,9H2,1-2H3. The molecule has 0 radical (unpaired) electrons. The van der Waals surface area contributed by atoms with Crippen molar-refractivity contribution >= 4 is 30.0 Å². The van der Waals surface area contributed by atoms with Gasteiger partial charge < -0.3 is 9.05 Å². The van der Waals surface area contributed by atoms with E-state index in [1.807, 2.05) is 30.3 Å². The smallest absolute Gasteiger partial charge is 0.312 e. The van der Waals surface area contributed by atoms with Gasteiger partial charge in [0.15, 0.2) is 0 Å². The van der Waals surface area contributed by atoms with Crippen molar-refractivity contribution in [2.24, 2.45) is 0 Å². The molecule has 0 unspecified atom stereocenters. The van der Waals surface area contributed by atoms with Crippen LogP contribution in [0.1, 0.15) is 5.56 Å². The largest absolute Gasteiger partial charge is 0.334 e. The van der Waals surface area contributed by atoms with Gasteiger partial charge >= 0.3 is 7.60 Å². The lowest BCUT2D eigenvalue weighted by Gasteiger charge is -2.15. The molecule has 0 heterocycles. The molecule has 0 atom stereocenters. The number of hydrogen-bond acceptors (Lipinski definition) is 3. The van der Waals surface area contributed by atoms with Gasteiger partial charge in [0.2, 0.25) is 0 Å². The normalized spacial score (nSPS) is 11.9. The summed E-state index contributed by atoms with van der Waals surface area (Å²) in [5.41, 5.74) is 0.905. The van der Waals surface area contributed by atoms with Gasteiger partial charge in [-0.2, -0.15) is 0 Å². The Morgan fingerprint density at radius 2 is 1.67 bits per heavy atom. The van der Waals surface area contributed by atoms with Gasteiger partial charge in [0.1, 0.15) is 0 Å². The van der Waals surface area contributed by atoms with Gasteiger partial charge in [0.05, 0.1) is 6.16 Å². The summed E-state index contributed by atoms with van der Waals surface area (Å²) in [6.45, 7) is 0. The summed E-state index contributed by atoms with van der Waals surface area (Å²) in [5.74, 6) is 0. The number of fused-ring (bicyclic) bond motifs is 1. The Morgan fingerprint density at radius 1 is 1.06 bits per heavy atom. The van der Waals surface area contributed by atoms with Crippen LogP contribution in [0.4, 0.5) is 0 Å². The SMILES string of the molecule is COP(=O)(Cc1ccc(Cl)c2ccccc12)OC. The third-order valence-corrected chi connectivity index (χ3v) is 5.05. The molecular formula is C13H14ClO3P. The minimum Gasteiger partial charge on any atom is -0.312 e. The summed E-state index contributed by atoms with van der Waals surface area (Å²) in [5, 5.41) is 2.59. The van der Waals surface area contributed by atoms with Crippen molar-refractivity contribution < 1.29 is 13.6 Å². The van der Waals surface area contributed by atoms with Crippen LogP contribution in [0.5, 0.6) is 0 Å². The van der Waals surface area contributed by atoms with Crippen LogP contribution in [0.15, 0.2) is 36.4 Å². The molecule has 0 saturated heterocycles. The maximum absolute atomic E-state index is 12.2. The zero-order chi connectivity index (χ0) is 13.2. The highest BCUT2D eigenvalue weighted by Crippen LogP contribution is 2.50. The second-order valence-corrected chi connectivity index (χ2v) is 6.56. The van der Waals surface area contributed by atoms with Crippen LogP contribution in [-0.2, 0) is 19.8 Å². The van der Waals surface area contributed by atoms with Gasteiger partial charge in [-0.25, -0.2) is 0 Å². The topological polar surface area (TPSA) is 35.5 Å². The van der Waals surface area contributed by atoms with Crippen LogP contribution in [0.3, 0.4) is 0 Å². The van der Waals surface area contributed by atoms with Crippen molar-refractivity contribution in [2.75, 3.05) is 14.2 Å². The van der Waals surface area contributed by atoms with Crippen LogP contribution in [-0.4, -0.2) is 14.2 Å². The second kappa shape index (κ2) is 5.41. The van der Waals surface area contributed by atoms with Crippen LogP contribution in [0.2, 0.25) is 5.02 Å². The fourth-order valence-electron chi connectivity index (χ4n) is 1.87. The number of halogens is 1. The molecule has 0 aliphatic heterocycles. The summed E-state index contributed by atoms with van der Waals surface area (Å²) in [6.07, 6.45) is 0.234. The summed E-state index contributed by atoms with van der Waals surface area (Å²) in [4.78, 5) is 0. The van der Waals surface area contributed by atoms with E-state index in [0.29, 0.717) is 5.02 Å². The van der Waals surface area contributed by atoms with Crippen molar-refractivity contribution in [3.05, 3.63) is 47.0 Å². The Labute approximate surface area is 111 Å².